The second-order valence-electron chi connectivity index (χ2n) is 5.75. The van der Waals surface area contributed by atoms with Gasteiger partial charge >= 0.3 is 0 Å². The fourth-order valence-corrected chi connectivity index (χ4v) is 2.86. The van der Waals surface area contributed by atoms with Gasteiger partial charge in [-0.2, -0.15) is 0 Å². The van der Waals surface area contributed by atoms with Crippen LogP contribution >= 0.6 is 0 Å². The third-order valence-corrected chi connectivity index (χ3v) is 4.22. The molecule has 0 aromatic heterocycles. The van der Waals surface area contributed by atoms with Gasteiger partial charge in [0.15, 0.2) is 0 Å². The van der Waals surface area contributed by atoms with Crippen LogP contribution < -0.4 is 10.2 Å². The topological polar surface area (TPSA) is 18.5 Å². The summed E-state index contributed by atoms with van der Waals surface area (Å²) < 4.78 is 0. The molecule has 2 rings (SSSR count). The maximum Gasteiger partial charge on any atom is 0.0367 e. The lowest BCUT2D eigenvalue weighted by molar-refractivity contribution is 0.188. The highest BCUT2D eigenvalue weighted by atomic mass is 15.3. The number of rotatable bonds is 7. The van der Waals surface area contributed by atoms with Crippen molar-refractivity contribution in [3.8, 4) is 0 Å². The van der Waals surface area contributed by atoms with Crippen molar-refractivity contribution in [2.75, 3.05) is 44.2 Å². The Balaban J connectivity index is 1.71. The van der Waals surface area contributed by atoms with Crippen LogP contribution in [-0.4, -0.2) is 50.2 Å². The summed E-state index contributed by atoms with van der Waals surface area (Å²) in [5, 5.41) is 3.50. The molecule has 1 fully saturated rings. The van der Waals surface area contributed by atoms with Gasteiger partial charge in [0.25, 0.3) is 0 Å². The Morgan fingerprint density at radius 2 is 1.75 bits per heavy atom. The summed E-state index contributed by atoms with van der Waals surface area (Å²) in [7, 11) is 0. The third-order valence-electron chi connectivity index (χ3n) is 4.22. The first-order chi connectivity index (χ1) is 9.81. The van der Waals surface area contributed by atoms with Gasteiger partial charge in [-0.1, -0.05) is 25.1 Å². The monoisotopic (exact) mass is 275 g/mol. The molecule has 20 heavy (non-hydrogen) atoms. The number of nitrogens with one attached hydrogen (secondary N) is 1. The molecular weight excluding hydrogens is 246 g/mol. The van der Waals surface area contributed by atoms with E-state index in [1.807, 2.05) is 0 Å². The SMILES string of the molecule is CCCNCCC(C)N1CCN(c2ccccc2)CC1. The maximum atomic E-state index is 3.50. The van der Waals surface area contributed by atoms with Gasteiger partial charge in [-0.05, 0) is 45.0 Å². The minimum Gasteiger partial charge on any atom is -0.369 e. The van der Waals surface area contributed by atoms with Gasteiger partial charge < -0.3 is 10.2 Å². The van der Waals surface area contributed by atoms with Crippen molar-refractivity contribution in [3.05, 3.63) is 30.3 Å². The van der Waals surface area contributed by atoms with Crippen molar-refractivity contribution in [1.29, 1.82) is 0 Å². The minimum absolute atomic E-state index is 0.692. The quantitative estimate of drug-likeness (QED) is 0.772. The molecule has 1 aromatic carbocycles. The lowest BCUT2D eigenvalue weighted by Gasteiger charge is -2.39. The van der Waals surface area contributed by atoms with E-state index in [0.29, 0.717) is 6.04 Å². The van der Waals surface area contributed by atoms with Gasteiger partial charge in [0, 0.05) is 37.9 Å². The fourth-order valence-electron chi connectivity index (χ4n) is 2.86. The molecule has 1 aliphatic heterocycles. The average molecular weight is 275 g/mol. The van der Waals surface area contributed by atoms with E-state index in [9.17, 15) is 0 Å². The molecule has 0 aliphatic carbocycles. The van der Waals surface area contributed by atoms with Crippen molar-refractivity contribution in [2.45, 2.75) is 32.7 Å². The number of hydrogen-bond acceptors (Lipinski definition) is 3. The van der Waals surface area contributed by atoms with Crippen molar-refractivity contribution in [3.63, 3.8) is 0 Å². The molecular formula is C17H29N3. The summed E-state index contributed by atoms with van der Waals surface area (Å²) in [5.74, 6) is 0. The van der Waals surface area contributed by atoms with Crippen molar-refractivity contribution in [1.82, 2.24) is 10.2 Å². The maximum absolute atomic E-state index is 3.50. The molecule has 3 nitrogen and oxygen atoms in total. The molecule has 0 amide bonds. The zero-order valence-electron chi connectivity index (χ0n) is 13.0. The highest BCUT2D eigenvalue weighted by Crippen LogP contribution is 2.17. The summed E-state index contributed by atoms with van der Waals surface area (Å²) in [6.45, 7) is 11.6. The molecule has 0 bridgehead atoms. The molecule has 3 heteroatoms. The summed E-state index contributed by atoms with van der Waals surface area (Å²) in [6, 6.07) is 11.5. The van der Waals surface area contributed by atoms with E-state index in [1.165, 1.54) is 31.6 Å². The van der Waals surface area contributed by atoms with Crippen molar-refractivity contribution in [2.24, 2.45) is 0 Å². The second kappa shape index (κ2) is 8.28. The predicted octanol–water partition coefficient (Wildman–Crippen LogP) is 2.59. The molecule has 112 valence electrons. The van der Waals surface area contributed by atoms with Crippen LogP contribution in [0.25, 0.3) is 0 Å². The molecule has 1 N–H and O–H groups in total. The van der Waals surface area contributed by atoms with Crippen LogP contribution in [0.5, 0.6) is 0 Å². The van der Waals surface area contributed by atoms with Gasteiger partial charge in [-0.3, -0.25) is 4.90 Å². The lowest BCUT2D eigenvalue weighted by atomic mass is 10.1. The highest BCUT2D eigenvalue weighted by molar-refractivity contribution is 5.46. The van der Waals surface area contributed by atoms with E-state index in [2.05, 4.69) is 59.3 Å². The number of hydrogen-bond donors (Lipinski definition) is 1. The molecule has 0 saturated carbocycles. The van der Waals surface area contributed by atoms with Crippen LogP contribution in [0.4, 0.5) is 5.69 Å². The van der Waals surface area contributed by atoms with E-state index in [1.54, 1.807) is 0 Å². The van der Waals surface area contributed by atoms with Crippen LogP contribution in [0.1, 0.15) is 26.7 Å². The van der Waals surface area contributed by atoms with E-state index in [-0.39, 0.29) is 0 Å². The smallest absolute Gasteiger partial charge is 0.0367 e. The molecule has 0 spiro atoms. The Hall–Kier alpha value is -1.06. The third kappa shape index (κ3) is 4.50. The molecule has 1 aliphatic rings. The van der Waals surface area contributed by atoms with Gasteiger partial charge in [-0.15, -0.1) is 0 Å². The van der Waals surface area contributed by atoms with Crippen LogP contribution in [-0.2, 0) is 0 Å². The first-order valence-corrected chi connectivity index (χ1v) is 8.06. The first kappa shape index (κ1) is 15.3. The largest absolute Gasteiger partial charge is 0.369 e. The average Bonchev–Trinajstić information content (AvgIpc) is 2.52. The van der Waals surface area contributed by atoms with Gasteiger partial charge in [0.05, 0.1) is 0 Å². The molecule has 0 radical (unpaired) electrons. The zero-order valence-corrected chi connectivity index (χ0v) is 13.0. The number of piperazine rings is 1. The first-order valence-electron chi connectivity index (χ1n) is 8.06. The van der Waals surface area contributed by atoms with Crippen LogP contribution in [0.15, 0.2) is 30.3 Å². The van der Waals surface area contributed by atoms with E-state index in [0.717, 1.165) is 26.2 Å². The number of nitrogens with zero attached hydrogens (tertiary/aromatic N) is 2. The Morgan fingerprint density at radius 1 is 1.05 bits per heavy atom. The van der Waals surface area contributed by atoms with E-state index < -0.39 is 0 Å². The molecule has 1 unspecified atom stereocenters. The van der Waals surface area contributed by atoms with E-state index in [4.69, 9.17) is 0 Å². The normalized spacial score (nSPS) is 18.2. The van der Waals surface area contributed by atoms with Crippen LogP contribution in [0.2, 0.25) is 0 Å². The Kier molecular flexibility index (Phi) is 6.34. The number of para-hydroxylation sites is 1. The molecule has 1 heterocycles. The van der Waals surface area contributed by atoms with Crippen LogP contribution in [0, 0.1) is 0 Å². The predicted molar refractivity (Wildman–Crippen MR) is 87.5 cm³/mol. The molecule has 1 aromatic rings. The standard InChI is InChI=1S/C17H29N3/c1-3-10-18-11-9-16(2)19-12-14-20(15-13-19)17-7-5-4-6-8-17/h4-8,16,18H,3,9-15H2,1-2H3. The summed E-state index contributed by atoms with van der Waals surface area (Å²) in [6.07, 6.45) is 2.48. The summed E-state index contributed by atoms with van der Waals surface area (Å²) in [4.78, 5) is 5.13. The summed E-state index contributed by atoms with van der Waals surface area (Å²) in [5.41, 5.74) is 1.37. The Bertz CT molecular complexity index is 358. The summed E-state index contributed by atoms with van der Waals surface area (Å²) >= 11 is 0. The van der Waals surface area contributed by atoms with Gasteiger partial charge in [0.1, 0.15) is 0 Å². The van der Waals surface area contributed by atoms with Gasteiger partial charge in [0.2, 0.25) is 0 Å². The molecule has 1 saturated heterocycles. The molecule has 1 atom stereocenters. The second-order valence-corrected chi connectivity index (χ2v) is 5.75. The minimum atomic E-state index is 0.692. The van der Waals surface area contributed by atoms with Crippen LogP contribution in [0.3, 0.4) is 0 Å². The zero-order chi connectivity index (χ0) is 14.2. The number of benzene rings is 1. The Morgan fingerprint density at radius 3 is 2.40 bits per heavy atom. The van der Waals surface area contributed by atoms with E-state index >= 15 is 0 Å². The lowest BCUT2D eigenvalue weighted by Crippen LogP contribution is -2.50. The van der Waals surface area contributed by atoms with Crippen molar-refractivity contribution < 1.29 is 0 Å². The number of anilines is 1. The Labute approximate surface area is 124 Å². The highest BCUT2D eigenvalue weighted by Gasteiger charge is 2.20. The van der Waals surface area contributed by atoms with Crippen molar-refractivity contribution >= 4 is 5.69 Å². The van der Waals surface area contributed by atoms with Gasteiger partial charge in [-0.25, -0.2) is 0 Å². The fraction of sp³-hybridized carbons (Fsp3) is 0.647.